The smallest absolute Gasteiger partial charge is 0.161 e. The number of nitrogens with zero attached hydrogens (tertiary/aromatic N) is 4. The lowest BCUT2D eigenvalue weighted by Crippen LogP contribution is -2.24. The maximum atomic E-state index is 4.44. The summed E-state index contributed by atoms with van der Waals surface area (Å²) >= 11 is 0. The van der Waals surface area contributed by atoms with E-state index in [2.05, 4.69) is 75.3 Å². The molecular formula is C18H16N4. The van der Waals surface area contributed by atoms with Gasteiger partial charge in [0, 0.05) is 12.7 Å². The zero-order valence-corrected chi connectivity index (χ0v) is 12.3. The van der Waals surface area contributed by atoms with Gasteiger partial charge in [0.05, 0.1) is 12.9 Å². The molecule has 0 spiro atoms. The lowest BCUT2D eigenvalue weighted by molar-refractivity contribution is 0.944. The van der Waals surface area contributed by atoms with Crippen LogP contribution in [-0.2, 0) is 0 Å². The van der Waals surface area contributed by atoms with E-state index in [1.807, 2.05) is 12.3 Å². The summed E-state index contributed by atoms with van der Waals surface area (Å²) in [5.74, 6) is 0.961. The van der Waals surface area contributed by atoms with Crippen LogP contribution < -0.4 is 9.80 Å². The maximum Gasteiger partial charge on any atom is 0.161 e. The lowest BCUT2D eigenvalue weighted by atomic mass is 10.1. The molecule has 1 aromatic heterocycles. The first-order valence-electron chi connectivity index (χ1n) is 7.27. The van der Waals surface area contributed by atoms with Gasteiger partial charge in [-0.25, -0.2) is 9.97 Å². The third-order valence-corrected chi connectivity index (χ3v) is 3.96. The molecule has 0 N–H and O–H groups in total. The Morgan fingerprint density at radius 1 is 0.955 bits per heavy atom. The van der Waals surface area contributed by atoms with Crippen LogP contribution in [0.5, 0.6) is 0 Å². The Balaban J connectivity index is 1.76. The highest BCUT2D eigenvalue weighted by Crippen LogP contribution is 2.38. The van der Waals surface area contributed by atoms with Crippen molar-refractivity contribution < 1.29 is 0 Å². The summed E-state index contributed by atoms with van der Waals surface area (Å²) in [4.78, 5) is 12.9. The second kappa shape index (κ2) is 5.15. The van der Waals surface area contributed by atoms with Gasteiger partial charge in [-0.15, -0.1) is 0 Å². The minimum Gasteiger partial charge on any atom is -0.352 e. The molecule has 0 saturated heterocycles. The van der Waals surface area contributed by atoms with Gasteiger partial charge in [0.2, 0.25) is 0 Å². The highest BCUT2D eigenvalue weighted by Gasteiger charge is 2.26. The quantitative estimate of drug-likeness (QED) is 0.720. The minimum atomic E-state index is 0.784. The third-order valence-electron chi connectivity index (χ3n) is 3.96. The number of fused-ring (bicyclic) bond motifs is 1. The van der Waals surface area contributed by atoms with Crippen LogP contribution in [0.1, 0.15) is 0 Å². The number of benzene rings is 2. The zero-order chi connectivity index (χ0) is 14.9. The van der Waals surface area contributed by atoms with Crippen molar-refractivity contribution >= 4 is 17.2 Å². The summed E-state index contributed by atoms with van der Waals surface area (Å²) in [5.41, 5.74) is 4.64. The molecule has 1 aliphatic rings. The Hall–Kier alpha value is -2.88. The van der Waals surface area contributed by atoms with Crippen molar-refractivity contribution in [2.24, 2.45) is 0 Å². The number of hydrogen-bond donors (Lipinski definition) is 0. The summed E-state index contributed by atoms with van der Waals surface area (Å²) in [5, 5.41) is 0. The Kier molecular flexibility index (Phi) is 3.00. The number of rotatable bonds is 2. The third kappa shape index (κ3) is 2.09. The van der Waals surface area contributed by atoms with Crippen LogP contribution >= 0.6 is 0 Å². The normalized spacial score (nSPS) is 13.3. The first-order chi connectivity index (χ1) is 10.8. The van der Waals surface area contributed by atoms with Crippen LogP contribution in [0.15, 0.2) is 67.1 Å². The molecule has 0 unspecified atom stereocenters. The van der Waals surface area contributed by atoms with Crippen LogP contribution in [0.3, 0.4) is 0 Å². The van der Waals surface area contributed by atoms with Gasteiger partial charge in [0.15, 0.2) is 5.82 Å². The SMILES string of the molecule is CN1CN(c2cccc(-c3ccccc3)c2)c2ncncc21. The van der Waals surface area contributed by atoms with Crippen LogP contribution in [0.2, 0.25) is 0 Å². The summed E-state index contributed by atoms with van der Waals surface area (Å²) in [6, 6.07) is 19.0. The largest absolute Gasteiger partial charge is 0.352 e. The van der Waals surface area contributed by atoms with E-state index in [4.69, 9.17) is 0 Å². The van der Waals surface area contributed by atoms with E-state index in [9.17, 15) is 0 Å². The van der Waals surface area contributed by atoms with Gasteiger partial charge in [-0.3, -0.25) is 0 Å². The Morgan fingerprint density at radius 2 is 1.77 bits per heavy atom. The van der Waals surface area contributed by atoms with Gasteiger partial charge in [0.1, 0.15) is 12.0 Å². The van der Waals surface area contributed by atoms with Crippen molar-refractivity contribution in [2.45, 2.75) is 0 Å². The molecule has 4 nitrogen and oxygen atoms in total. The number of aromatic nitrogens is 2. The molecule has 2 aromatic carbocycles. The molecule has 0 amide bonds. The summed E-state index contributed by atoms with van der Waals surface area (Å²) in [6.45, 7) is 0.784. The molecule has 0 bridgehead atoms. The average molecular weight is 288 g/mol. The van der Waals surface area contributed by atoms with Gasteiger partial charge in [0.25, 0.3) is 0 Å². The van der Waals surface area contributed by atoms with Crippen molar-refractivity contribution in [2.75, 3.05) is 23.5 Å². The molecule has 0 saturated carbocycles. The predicted molar refractivity (Wildman–Crippen MR) is 89.3 cm³/mol. The summed E-state index contributed by atoms with van der Waals surface area (Å²) in [6.07, 6.45) is 3.47. The van der Waals surface area contributed by atoms with Crippen molar-refractivity contribution in [3.63, 3.8) is 0 Å². The Labute approximate surface area is 129 Å². The van der Waals surface area contributed by atoms with Gasteiger partial charge < -0.3 is 9.80 Å². The molecular weight excluding hydrogens is 272 g/mol. The monoisotopic (exact) mass is 288 g/mol. The van der Waals surface area contributed by atoms with E-state index in [1.54, 1.807) is 6.33 Å². The standard InChI is InChI=1S/C18H16N4/c1-21-13-22(18-17(21)11-19-12-20-18)16-9-5-8-15(10-16)14-6-3-2-4-7-14/h2-12H,13H2,1H3. The van der Waals surface area contributed by atoms with E-state index >= 15 is 0 Å². The molecule has 0 atom stereocenters. The molecule has 0 radical (unpaired) electrons. The second-order valence-corrected chi connectivity index (χ2v) is 5.42. The van der Waals surface area contributed by atoms with Crippen LogP contribution in [0, 0.1) is 0 Å². The van der Waals surface area contributed by atoms with Crippen molar-refractivity contribution in [3.8, 4) is 11.1 Å². The highest BCUT2D eigenvalue weighted by atomic mass is 15.4. The fourth-order valence-corrected chi connectivity index (χ4v) is 2.84. The topological polar surface area (TPSA) is 32.3 Å². The van der Waals surface area contributed by atoms with E-state index in [1.165, 1.54) is 11.1 Å². The van der Waals surface area contributed by atoms with Crippen LogP contribution in [0.25, 0.3) is 11.1 Å². The van der Waals surface area contributed by atoms with Crippen molar-refractivity contribution in [1.29, 1.82) is 0 Å². The van der Waals surface area contributed by atoms with E-state index < -0.39 is 0 Å². The predicted octanol–water partition coefficient (Wildman–Crippen LogP) is 3.69. The zero-order valence-electron chi connectivity index (χ0n) is 12.3. The average Bonchev–Trinajstić information content (AvgIpc) is 2.93. The first kappa shape index (κ1) is 12.8. The van der Waals surface area contributed by atoms with Crippen molar-refractivity contribution in [3.05, 3.63) is 67.1 Å². The van der Waals surface area contributed by atoms with E-state index in [-0.39, 0.29) is 0 Å². The van der Waals surface area contributed by atoms with E-state index in [0.29, 0.717) is 0 Å². The minimum absolute atomic E-state index is 0.784. The Morgan fingerprint density at radius 3 is 2.64 bits per heavy atom. The maximum absolute atomic E-state index is 4.44. The molecule has 0 fully saturated rings. The van der Waals surface area contributed by atoms with Crippen LogP contribution in [-0.4, -0.2) is 23.7 Å². The van der Waals surface area contributed by atoms with Gasteiger partial charge >= 0.3 is 0 Å². The van der Waals surface area contributed by atoms with Gasteiger partial charge in [-0.2, -0.15) is 0 Å². The molecule has 0 aliphatic carbocycles. The van der Waals surface area contributed by atoms with E-state index in [0.717, 1.165) is 23.9 Å². The van der Waals surface area contributed by atoms with Crippen LogP contribution in [0.4, 0.5) is 17.2 Å². The summed E-state index contributed by atoms with van der Waals surface area (Å²) in [7, 11) is 2.06. The molecule has 4 heteroatoms. The molecule has 1 aliphatic heterocycles. The van der Waals surface area contributed by atoms with Gasteiger partial charge in [-0.1, -0.05) is 42.5 Å². The molecule has 3 aromatic rings. The number of hydrogen-bond acceptors (Lipinski definition) is 4. The summed E-state index contributed by atoms with van der Waals surface area (Å²) < 4.78 is 0. The molecule has 22 heavy (non-hydrogen) atoms. The molecule has 2 heterocycles. The Bertz CT molecular complexity index is 801. The lowest BCUT2D eigenvalue weighted by Gasteiger charge is -2.19. The highest BCUT2D eigenvalue weighted by molar-refractivity contribution is 5.80. The fourth-order valence-electron chi connectivity index (χ4n) is 2.84. The molecule has 4 rings (SSSR count). The number of anilines is 3. The molecule has 108 valence electrons. The fraction of sp³-hybridized carbons (Fsp3) is 0.111. The van der Waals surface area contributed by atoms with Crippen molar-refractivity contribution in [1.82, 2.24) is 9.97 Å². The first-order valence-corrected chi connectivity index (χ1v) is 7.27. The second-order valence-electron chi connectivity index (χ2n) is 5.42. The van der Waals surface area contributed by atoms with Gasteiger partial charge in [-0.05, 0) is 23.3 Å².